The van der Waals surface area contributed by atoms with Crippen LogP contribution >= 0.6 is 0 Å². The lowest BCUT2D eigenvalue weighted by Gasteiger charge is -2.35. The number of rotatable bonds is 4. The van der Waals surface area contributed by atoms with Gasteiger partial charge < -0.3 is 4.90 Å². The Balaban J connectivity index is 1.61. The standard InChI is InChI=1S/C22H25N3O/c1-17(2)22(26)25-13-11-24(12-14-25)16-18-7-9-19(10-8-18)21-6-4-3-5-20(21)15-23/h3-10,17H,11-14,16H2,1-2H3. The van der Waals surface area contributed by atoms with Crippen LogP contribution in [0, 0.1) is 17.2 Å². The highest BCUT2D eigenvalue weighted by atomic mass is 16.2. The first-order valence-electron chi connectivity index (χ1n) is 9.18. The van der Waals surface area contributed by atoms with Crippen molar-refractivity contribution in [3.63, 3.8) is 0 Å². The molecule has 3 rings (SSSR count). The predicted molar refractivity (Wildman–Crippen MR) is 103 cm³/mol. The number of carbonyl (C=O) groups excluding carboxylic acids is 1. The Hall–Kier alpha value is -2.64. The van der Waals surface area contributed by atoms with Gasteiger partial charge in [0, 0.05) is 38.6 Å². The average Bonchev–Trinajstić information content (AvgIpc) is 2.68. The maximum atomic E-state index is 12.1. The second-order valence-corrected chi connectivity index (χ2v) is 7.11. The summed E-state index contributed by atoms with van der Waals surface area (Å²) in [6, 6.07) is 18.4. The Morgan fingerprint density at radius 2 is 1.69 bits per heavy atom. The lowest BCUT2D eigenvalue weighted by molar-refractivity contribution is -0.136. The highest BCUT2D eigenvalue weighted by Gasteiger charge is 2.22. The smallest absolute Gasteiger partial charge is 0.225 e. The first kappa shape index (κ1) is 18.2. The van der Waals surface area contributed by atoms with Crippen molar-refractivity contribution in [2.24, 2.45) is 5.92 Å². The minimum atomic E-state index is 0.0744. The van der Waals surface area contributed by atoms with Gasteiger partial charge in [-0.25, -0.2) is 0 Å². The molecule has 2 aromatic carbocycles. The summed E-state index contributed by atoms with van der Waals surface area (Å²) in [6.45, 7) is 8.26. The van der Waals surface area contributed by atoms with E-state index in [1.165, 1.54) is 5.56 Å². The zero-order valence-corrected chi connectivity index (χ0v) is 15.5. The van der Waals surface area contributed by atoms with Crippen LogP contribution in [0.3, 0.4) is 0 Å². The van der Waals surface area contributed by atoms with Gasteiger partial charge in [-0.05, 0) is 22.8 Å². The number of nitrogens with zero attached hydrogens (tertiary/aromatic N) is 3. The summed E-state index contributed by atoms with van der Waals surface area (Å²) in [6.07, 6.45) is 0. The lowest BCUT2D eigenvalue weighted by Crippen LogP contribution is -2.49. The Kier molecular flexibility index (Phi) is 5.70. The third kappa shape index (κ3) is 4.12. The molecule has 2 aromatic rings. The molecule has 0 saturated carbocycles. The number of nitriles is 1. The third-order valence-corrected chi connectivity index (χ3v) is 4.90. The molecule has 0 spiro atoms. The summed E-state index contributed by atoms with van der Waals surface area (Å²) in [5.74, 6) is 0.329. The Labute approximate surface area is 155 Å². The van der Waals surface area contributed by atoms with E-state index >= 15 is 0 Å². The normalized spacial score (nSPS) is 15.1. The van der Waals surface area contributed by atoms with Gasteiger partial charge >= 0.3 is 0 Å². The van der Waals surface area contributed by atoms with Crippen molar-refractivity contribution in [3.8, 4) is 17.2 Å². The predicted octanol–water partition coefficient (Wildman–Crippen LogP) is 3.53. The number of amides is 1. The van der Waals surface area contributed by atoms with Crippen LogP contribution in [0.5, 0.6) is 0 Å². The number of piperazine rings is 1. The number of hydrogen-bond donors (Lipinski definition) is 0. The van der Waals surface area contributed by atoms with Gasteiger partial charge in [-0.2, -0.15) is 5.26 Å². The van der Waals surface area contributed by atoms with Gasteiger partial charge in [-0.3, -0.25) is 9.69 Å². The van der Waals surface area contributed by atoms with E-state index < -0.39 is 0 Å². The number of benzene rings is 2. The van der Waals surface area contributed by atoms with Crippen molar-refractivity contribution in [2.45, 2.75) is 20.4 Å². The van der Waals surface area contributed by atoms with Crippen LogP contribution in [0.4, 0.5) is 0 Å². The zero-order valence-electron chi connectivity index (χ0n) is 15.5. The summed E-state index contributed by atoms with van der Waals surface area (Å²) in [7, 11) is 0. The Morgan fingerprint density at radius 3 is 2.31 bits per heavy atom. The van der Waals surface area contributed by atoms with Crippen LogP contribution in [0.2, 0.25) is 0 Å². The molecule has 0 atom stereocenters. The first-order chi connectivity index (χ1) is 12.6. The second kappa shape index (κ2) is 8.16. The second-order valence-electron chi connectivity index (χ2n) is 7.11. The van der Waals surface area contributed by atoms with Gasteiger partial charge in [0.15, 0.2) is 0 Å². The molecular formula is C22H25N3O. The van der Waals surface area contributed by atoms with Crippen LogP contribution < -0.4 is 0 Å². The van der Waals surface area contributed by atoms with Crippen LogP contribution in [0.25, 0.3) is 11.1 Å². The maximum Gasteiger partial charge on any atom is 0.225 e. The SMILES string of the molecule is CC(C)C(=O)N1CCN(Cc2ccc(-c3ccccc3C#N)cc2)CC1. The molecule has 1 aliphatic rings. The molecule has 26 heavy (non-hydrogen) atoms. The van der Waals surface area contributed by atoms with E-state index in [0.29, 0.717) is 5.56 Å². The molecule has 1 heterocycles. The van der Waals surface area contributed by atoms with E-state index in [2.05, 4.69) is 35.2 Å². The summed E-state index contributed by atoms with van der Waals surface area (Å²) in [5, 5.41) is 9.26. The van der Waals surface area contributed by atoms with E-state index in [1.54, 1.807) is 0 Å². The van der Waals surface area contributed by atoms with Crippen LogP contribution in [-0.2, 0) is 11.3 Å². The van der Waals surface area contributed by atoms with Gasteiger partial charge in [-0.1, -0.05) is 56.3 Å². The fourth-order valence-electron chi connectivity index (χ4n) is 3.37. The van der Waals surface area contributed by atoms with Crippen molar-refractivity contribution >= 4 is 5.91 Å². The number of carbonyl (C=O) groups is 1. The molecule has 0 bridgehead atoms. The quantitative estimate of drug-likeness (QED) is 0.850. The molecular weight excluding hydrogens is 322 g/mol. The fraction of sp³-hybridized carbons (Fsp3) is 0.364. The van der Waals surface area contributed by atoms with Crippen molar-refractivity contribution in [2.75, 3.05) is 26.2 Å². The number of hydrogen-bond acceptors (Lipinski definition) is 3. The summed E-state index contributed by atoms with van der Waals surface area (Å²) in [5.41, 5.74) is 4.00. The average molecular weight is 347 g/mol. The Bertz CT molecular complexity index is 797. The summed E-state index contributed by atoms with van der Waals surface area (Å²) >= 11 is 0. The molecule has 0 N–H and O–H groups in total. The monoisotopic (exact) mass is 347 g/mol. The van der Waals surface area contributed by atoms with Gasteiger partial charge in [-0.15, -0.1) is 0 Å². The van der Waals surface area contributed by atoms with Crippen molar-refractivity contribution < 1.29 is 4.79 Å². The molecule has 0 radical (unpaired) electrons. The topological polar surface area (TPSA) is 47.3 Å². The van der Waals surface area contributed by atoms with E-state index in [1.807, 2.05) is 43.0 Å². The molecule has 4 heteroatoms. The molecule has 0 unspecified atom stereocenters. The van der Waals surface area contributed by atoms with E-state index in [0.717, 1.165) is 43.9 Å². The molecule has 0 aromatic heterocycles. The fourth-order valence-corrected chi connectivity index (χ4v) is 3.37. The molecule has 1 saturated heterocycles. The van der Waals surface area contributed by atoms with Crippen molar-refractivity contribution in [3.05, 3.63) is 59.7 Å². The highest BCUT2D eigenvalue weighted by molar-refractivity contribution is 5.78. The third-order valence-electron chi connectivity index (χ3n) is 4.90. The Morgan fingerprint density at radius 1 is 1.04 bits per heavy atom. The summed E-state index contributed by atoms with van der Waals surface area (Å²) < 4.78 is 0. The van der Waals surface area contributed by atoms with Crippen molar-refractivity contribution in [1.29, 1.82) is 5.26 Å². The first-order valence-corrected chi connectivity index (χ1v) is 9.18. The van der Waals surface area contributed by atoms with Crippen LogP contribution in [0.1, 0.15) is 25.0 Å². The lowest BCUT2D eigenvalue weighted by atomic mass is 9.99. The van der Waals surface area contributed by atoms with Crippen LogP contribution in [0.15, 0.2) is 48.5 Å². The molecule has 134 valence electrons. The minimum absolute atomic E-state index is 0.0744. The van der Waals surface area contributed by atoms with Gasteiger partial charge in [0.2, 0.25) is 5.91 Å². The largest absolute Gasteiger partial charge is 0.340 e. The molecule has 0 aliphatic carbocycles. The molecule has 1 aliphatic heterocycles. The van der Waals surface area contributed by atoms with E-state index in [-0.39, 0.29) is 11.8 Å². The highest BCUT2D eigenvalue weighted by Crippen LogP contribution is 2.24. The van der Waals surface area contributed by atoms with E-state index in [9.17, 15) is 10.1 Å². The molecule has 1 amide bonds. The molecule has 4 nitrogen and oxygen atoms in total. The molecule has 1 fully saturated rings. The van der Waals surface area contributed by atoms with E-state index in [4.69, 9.17) is 0 Å². The van der Waals surface area contributed by atoms with Crippen LogP contribution in [-0.4, -0.2) is 41.9 Å². The zero-order chi connectivity index (χ0) is 18.5. The minimum Gasteiger partial charge on any atom is -0.340 e. The maximum absolute atomic E-state index is 12.1. The van der Waals surface area contributed by atoms with Gasteiger partial charge in [0.25, 0.3) is 0 Å². The summed E-state index contributed by atoms with van der Waals surface area (Å²) in [4.78, 5) is 16.4. The van der Waals surface area contributed by atoms with Crippen molar-refractivity contribution in [1.82, 2.24) is 9.80 Å². The van der Waals surface area contributed by atoms with Gasteiger partial charge in [0.05, 0.1) is 11.6 Å². The van der Waals surface area contributed by atoms with Gasteiger partial charge in [0.1, 0.15) is 0 Å².